The van der Waals surface area contributed by atoms with Crippen LogP contribution in [0.4, 0.5) is 0 Å². The quantitative estimate of drug-likeness (QED) is 0.614. The molecule has 2 heterocycles. The molecule has 31 heavy (non-hydrogen) atoms. The molecule has 0 saturated carbocycles. The monoisotopic (exact) mass is 450 g/mol. The van der Waals surface area contributed by atoms with Gasteiger partial charge in [-0.05, 0) is 31.5 Å². The van der Waals surface area contributed by atoms with E-state index in [0.717, 1.165) is 5.56 Å². The van der Waals surface area contributed by atoms with E-state index in [1.807, 2.05) is 0 Å². The van der Waals surface area contributed by atoms with Crippen molar-refractivity contribution < 1.29 is 27.5 Å². The molecule has 0 bridgehead atoms. The zero-order valence-electron chi connectivity index (χ0n) is 17.8. The highest BCUT2D eigenvalue weighted by molar-refractivity contribution is 7.89. The second-order valence-electron chi connectivity index (χ2n) is 7.14. The van der Waals surface area contributed by atoms with Gasteiger partial charge in [0.15, 0.2) is 0 Å². The molecule has 1 fully saturated rings. The van der Waals surface area contributed by atoms with Crippen molar-refractivity contribution >= 4 is 21.9 Å². The molecule has 10 nitrogen and oxygen atoms in total. The molecule has 168 valence electrons. The van der Waals surface area contributed by atoms with Crippen LogP contribution in [0.3, 0.4) is 0 Å². The topological polar surface area (TPSA) is 120 Å². The molecule has 1 aliphatic rings. The number of carbonyl (C=O) groups is 2. The van der Waals surface area contributed by atoms with Crippen LogP contribution >= 0.6 is 0 Å². The Morgan fingerprint density at radius 3 is 2.42 bits per heavy atom. The number of hydrogen-bond acceptors (Lipinski definition) is 7. The SMILES string of the molecule is COC(=O)c1ccc(CNC(=O)Cn2nc(C)c(S(=O)(=O)N3CCOCC3)c2C)cc1. The molecule has 1 aliphatic heterocycles. The average molecular weight is 451 g/mol. The Hall–Kier alpha value is -2.76. The smallest absolute Gasteiger partial charge is 0.337 e. The van der Waals surface area contributed by atoms with Crippen molar-refractivity contribution in [1.29, 1.82) is 0 Å². The van der Waals surface area contributed by atoms with Crippen molar-refractivity contribution in [2.45, 2.75) is 31.8 Å². The van der Waals surface area contributed by atoms with E-state index in [0.29, 0.717) is 43.3 Å². The third-order valence-corrected chi connectivity index (χ3v) is 7.19. The van der Waals surface area contributed by atoms with E-state index < -0.39 is 16.0 Å². The van der Waals surface area contributed by atoms with Gasteiger partial charge in [0.25, 0.3) is 0 Å². The maximum atomic E-state index is 13.0. The zero-order valence-corrected chi connectivity index (χ0v) is 18.6. The van der Waals surface area contributed by atoms with Crippen LogP contribution in [-0.4, -0.2) is 67.8 Å². The molecule has 2 aromatic rings. The standard InChI is InChI=1S/C20H26N4O6S/c1-14-19(31(27,28)23-8-10-30-11-9-23)15(2)24(22-14)13-18(25)21-12-16-4-6-17(7-5-16)20(26)29-3/h4-7H,8-13H2,1-3H3,(H,21,25). The van der Waals surface area contributed by atoms with Crippen molar-refractivity contribution in [1.82, 2.24) is 19.4 Å². The summed E-state index contributed by atoms with van der Waals surface area (Å²) in [5.41, 5.74) is 2.01. The Bertz CT molecular complexity index is 1060. The van der Waals surface area contributed by atoms with E-state index in [4.69, 9.17) is 4.74 Å². The second-order valence-corrected chi connectivity index (χ2v) is 9.01. The zero-order chi connectivity index (χ0) is 22.6. The number of nitrogens with zero attached hydrogens (tertiary/aromatic N) is 3. The van der Waals surface area contributed by atoms with Crippen molar-refractivity contribution in [3.05, 3.63) is 46.8 Å². The lowest BCUT2D eigenvalue weighted by Gasteiger charge is -2.26. The maximum Gasteiger partial charge on any atom is 0.337 e. The first-order chi connectivity index (χ1) is 14.7. The minimum atomic E-state index is -3.71. The van der Waals surface area contributed by atoms with E-state index >= 15 is 0 Å². The second kappa shape index (κ2) is 9.58. The summed E-state index contributed by atoms with van der Waals surface area (Å²) in [5.74, 6) is -0.735. The number of aryl methyl sites for hydroxylation is 1. The Balaban J connectivity index is 1.65. The summed E-state index contributed by atoms with van der Waals surface area (Å²) in [7, 11) is -2.39. The summed E-state index contributed by atoms with van der Waals surface area (Å²) >= 11 is 0. The first kappa shape index (κ1) is 22.9. The summed E-state index contributed by atoms with van der Waals surface area (Å²) in [6, 6.07) is 6.69. The number of morpholine rings is 1. The normalized spacial score (nSPS) is 14.9. The highest BCUT2D eigenvalue weighted by Gasteiger charge is 2.32. The molecule has 0 radical (unpaired) electrons. The van der Waals surface area contributed by atoms with Crippen LogP contribution in [0.1, 0.15) is 27.3 Å². The predicted molar refractivity (Wildman–Crippen MR) is 111 cm³/mol. The lowest BCUT2D eigenvalue weighted by Crippen LogP contribution is -2.41. The molecular formula is C20H26N4O6S. The molecule has 1 aromatic heterocycles. The maximum absolute atomic E-state index is 13.0. The fourth-order valence-corrected chi connectivity index (χ4v) is 5.17. The van der Waals surface area contributed by atoms with Gasteiger partial charge in [0, 0.05) is 19.6 Å². The van der Waals surface area contributed by atoms with Crippen LogP contribution in [0.5, 0.6) is 0 Å². The third kappa shape index (κ3) is 5.12. The first-order valence-electron chi connectivity index (χ1n) is 9.80. The van der Waals surface area contributed by atoms with E-state index in [9.17, 15) is 18.0 Å². The fourth-order valence-electron chi connectivity index (χ4n) is 3.39. The fraction of sp³-hybridized carbons (Fsp3) is 0.450. The lowest BCUT2D eigenvalue weighted by atomic mass is 10.1. The molecule has 11 heteroatoms. The highest BCUT2D eigenvalue weighted by atomic mass is 32.2. The molecule has 1 saturated heterocycles. The van der Waals surface area contributed by atoms with Crippen LogP contribution in [0.2, 0.25) is 0 Å². The van der Waals surface area contributed by atoms with Gasteiger partial charge < -0.3 is 14.8 Å². The minimum Gasteiger partial charge on any atom is -0.465 e. The van der Waals surface area contributed by atoms with Crippen LogP contribution in [0.15, 0.2) is 29.2 Å². The number of ether oxygens (including phenoxy) is 2. The lowest BCUT2D eigenvalue weighted by molar-refractivity contribution is -0.122. The Morgan fingerprint density at radius 2 is 1.81 bits per heavy atom. The van der Waals surface area contributed by atoms with Crippen LogP contribution < -0.4 is 5.32 Å². The van der Waals surface area contributed by atoms with Gasteiger partial charge in [-0.25, -0.2) is 13.2 Å². The minimum absolute atomic E-state index is 0.106. The van der Waals surface area contributed by atoms with Crippen LogP contribution in [0, 0.1) is 13.8 Å². The van der Waals surface area contributed by atoms with Crippen molar-refractivity contribution in [2.75, 3.05) is 33.4 Å². The van der Waals surface area contributed by atoms with Crippen LogP contribution in [0.25, 0.3) is 0 Å². The summed E-state index contributed by atoms with van der Waals surface area (Å²) in [5, 5.41) is 7.05. The summed E-state index contributed by atoms with van der Waals surface area (Å²) in [6.07, 6.45) is 0. The van der Waals surface area contributed by atoms with Gasteiger partial charge in [-0.2, -0.15) is 9.40 Å². The molecule has 0 atom stereocenters. The Labute approximate surface area is 181 Å². The van der Waals surface area contributed by atoms with E-state index in [1.54, 1.807) is 38.1 Å². The molecule has 1 amide bonds. The van der Waals surface area contributed by atoms with Gasteiger partial charge in [0.1, 0.15) is 11.4 Å². The highest BCUT2D eigenvalue weighted by Crippen LogP contribution is 2.24. The largest absolute Gasteiger partial charge is 0.465 e. The number of methoxy groups -OCH3 is 1. The van der Waals surface area contributed by atoms with Crippen LogP contribution in [-0.2, 0) is 37.4 Å². The molecule has 3 rings (SSSR count). The van der Waals surface area contributed by atoms with Gasteiger partial charge in [-0.3, -0.25) is 9.48 Å². The van der Waals surface area contributed by atoms with E-state index in [-0.39, 0.29) is 23.9 Å². The van der Waals surface area contributed by atoms with Gasteiger partial charge >= 0.3 is 5.97 Å². The van der Waals surface area contributed by atoms with Gasteiger partial charge in [0.05, 0.1) is 37.3 Å². The number of sulfonamides is 1. The summed E-state index contributed by atoms with van der Waals surface area (Å²) in [4.78, 5) is 24.0. The number of amides is 1. The van der Waals surface area contributed by atoms with Gasteiger partial charge in [0.2, 0.25) is 15.9 Å². The molecule has 0 spiro atoms. The number of esters is 1. The first-order valence-corrected chi connectivity index (χ1v) is 11.2. The number of hydrogen-bond donors (Lipinski definition) is 1. The molecular weight excluding hydrogens is 424 g/mol. The molecule has 0 unspecified atom stereocenters. The number of aromatic nitrogens is 2. The molecule has 0 aliphatic carbocycles. The Morgan fingerprint density at radius 1 is 1.16 bits per heavy atom. The number of carbonyl (C=O) groups excluding carboxylic acids is 2. The molecule has 1 N–H and O–H groups in total. The van der Waals surface area contributed by atoms with E-state index in [1.165, 1.54) is 16.1 Å². The predicted octanol–water partition coefficient (Wildman–Crippen LogP) is 0.624. The third-order valence-electron chi connectivity index (χ3n) is 5.04. The number of benzene rings is 1. The number of rotatable bonds is 7. The average Bonchev–Trinajstić information content (AvgIpc) is 3.05. The number of nitrogens with one attached hydrogen (secondary N) is 1. The van der Waals surface area contributed by atoms with Gasteiger partial charge in [-0.15, -0.1) is 0 Å². The summed E-state index contributed by atoms with van der Waals surface area (Å²) < 4.78 is 38.7. The van der Waals surface area contributed by atoms with E-state index in [2.05, 4.69) is 15.2 Å². The Kier molecular flexibility index (Phi) is 7.08. The summed E-state index contributed by atoms with van der Waals surface area (Å²) in [6.45, 7) is 4.72. The van der Waals surface area contributed by atoms with Gasteiger partial charge in [-0.1, -0.05) is 12.1 Å². The van der Waals surface area contributed by atoms with Crippen molar-refractivity contribution in [2.24, 2.45) is 0 Å². The van der Waals surface area contributed by atoms with Crippen molar-refractivity contribution in [3.63, 3.8) is 0 Å². The molecule has 1 aromatic carbocycles. The van der Waals surface area contributed by atoms with Crippen molar-refractivity contribution in [3.8, 4) is 0 Å².